The van der Waals surface area contributed by atoms with Gasteiger partial charge in [0, 0.05) is 10.1 Å². The fourth-order valence-electron chi connectivity index (χ4n) is 5.69. The maximum Gasteiger partial charge on any atom is 0.696 e. The predicted octanol–water partition coefficient (Wildman–Crippen LogP) is 6.25. The van der Waals surface area contributed by atoms with Crippen LogP contribution in [-0.2, 0) is 36.7 Å². The number of carbonyl (C=O) groups excluding carboxylic acids is 4. The lowest BCUT2D eigenvalue weighted by Crippen LogP contribution is -2.48. The monoisotopic (exact) mass is 761 g/mol. The molecule has 1 aromatic heterocycles. The Hall–Kier alpha value is -5.40. The van der Waals surface area contributed by atoms with Gasteiger partial charge >= 0.3 is 8.25 Å². The normalized spacial score (nSPS) is 12.2. The number of hydroxylamine groups is 2. The van der Waals surface area contributed by atoms with Gasteiger partial charge in [-0.05, 0) is 48.2 Å². The molecule has 4 N–H and O–H groups in total. The maximum atomic E-state index is 13.5. The van der Waals surface area contributed by atoms with Gasteiger partial charge in [0.05, 0.1) is 24.2 Å². The van der Waals surface area contributed by atoms with E-state index in [0.29, 0.717) is 30.6 Å². The minimum Gasteiger partial charge on any atom is -0.488 e. The van der Waals surface area contributed by atoms with Gasteiger partial charge < -0.3 is 25.1 Å². The maximum absolute atomic E-state index is 13.5. The average molecular weight is 762 g/mol. The molecule has 3 aromatic carbocycles. The van der Waals surface area contributed by atoms with Gasteiger partial charge in [-0.1, -0.05) is 104 Å². The summed E-state index contributed by atoms with van der Waals surface area (Å²) < 4.78 is 27.2. The van der Waals surface area contributed by atoms with Crippen molar-refractivity contribution in [1.82, 2.24) is 21.0 Å². The lowest BCUT2D eigenvalue weighted by Gasteiger charge is -2.32. The molecule has 4 rings (SSSR count). The number of nitrogens with zero attached hydrogens (tertiary/aromatic N) is 1. The molecule has 1 unspecified atom stereocenters. The summed E-state index contributed by atoms with van der Waals surface area (Å²) >= 11 is 0. The topological polar surface area (TPSA) is 186 Å². The molecule has 0 aliphatic carbocycles. The lowest BCUT2D eigenvalue weighted by atomic mass is 9.90. The number of hydrogen-bond donors (Lipinski definition) is 4. The first-order valence-electron chi connectivity index (χ1n) is 17.7. The van der Waals surface area contributed by atoms with Crippen molar-refractivity contribution in [2.24, 2.45) is 5.92 Å². The first kappa shape index (κ1) is 41.4. The number of hydrogen-bond acceptors (Lipinski definition) is 9. The van der Waals surface area contributed by atoms with Crippen LogP contribution in [0.1, 0.15) is 78.0 Å². The van der Waals surface area contributed by atoms with E-state index in [0.717, 1.165) is 30.4 Å². The second-order valence-corrected chi connectivity index (χ2v) is 12.9. The Morgan fingerprint density at radius 2 is 1.57 bits per heavy atom. The molecular formula is C39H46N4O10P+. The van der Waals surface area contributed by atoms with Crippen molar-refractivity contribution < 1.29 is 47.2 Å². The van der Waals surface area contributed by atoms with E-state index in [2.05, 4.69) is 27.4 Å². The van der Waals surface area contributed by atoms with Crippen LogP contribution in [-0.4, -0.2) is 53.5 Å². The number of furan rings is 1. The van der Waals surface area contributed by atoms with E-state index < -0.39 is 38.8 Å². The Morgan fingerprint density at radius 1 is 0.870 bits per heavy atom. The Labute approximate surface area is 315 Å². The van der Waals surface area contributed by atoms with Gasteiger partial charge in [0.2, 0.25) is 12.3 Å². The number of ether oxygens (including phenoxy) is 1. The molecule has 4 amide bonds. The Bertz CT molecular complexity index is 1820. The van der Waals surface area contributed by atoms with E-state index in [4.69, 9.17) is 18.9 Å². The highest BCUT2D eigenvalue weighted by molar-refractivity contribution is 7.32. The van der Waals surface area contributed by atoms with Crippen LogP contribution < -0.4 is 20.7 Å². The fourth-order valence-corrected chi connectivity index (χ4v) is 5.87. The van der Waals surface area contributed by atoms with Crippen molar-refractivity contribution in [1.29, 1.82) is 0 Å². The van der Waals surface area contributed by atoms with E-state index in [1.807, 2.05) is 67.6 Å². The van der Waals surface area contributed by atoms with Crippen LogP contribution >= 0.6 is 8.25 Å². The van der Waals surface area contributed by atoms with E-state index in [-0.39, 0.29) is 42.9 Å². The van der Waals surface area contributed by atoms with Crippen molar-refractivity contribution >= 4 is 32.4 Å². The van der Waals surface area contributed by atoms with Gasteiger partial charge in [0.25, 0.3) is 11.8 Å². The summed E-state index contributed by atoms with van der Waals surface area (Å²) in [6.07, 6.45) is 4.27. The molecule has 0 aliphatic rings. The molecule has 4 aromatic rings. The molecule has 14 nitrogen and oxygen atoms in total. The van der Waals surface area contributed by atoms with Crippen LogP contribution in [0.5, 0.6) is 5.75 Å². The molecule has 1 heterocycles. The molecule has 54 heavy (non-hydrogen) atoms. The Balaban J connectivity index is 1.41. The van der Waals surface area contributed by atoms with Crippen LogP contribution in [0.2, 0.25) is 0 Å². The number of benzene rings is 3. The first-order chi connectivity index (χ1) is 26.2. The van der Waals surface area contributed by atoms with E-state index >= 15 is 0 Å². The summed E-state index contributed by atoms with van der Waals surface area (Å²) in [5, 5.41) is 9.07. The van der Waals surface area contributed by atoms with Gasteiger partial charge in [-0.25, -0.2) is 5.06 Å². The summed E-state index contributed by atoms with van der Waals surface area (Å²) in [5.41, 5.74) is 2.39. The fraction of sp³-hybridized carbons (Fsp3) is 0.333. The third-order valence-electron chi connectivity index (χ3n) is 8.49. The average Bonchev–Trinajstić information content (AvgIpc) is 3.69. The summed E-state index contributed by atoms with van der Waals surface area (Å²) in [5.74, 6) is -1.58. The van der Waals surface area contributed by atoms with E-state index in [1.165, 1.54) is 17.2 Å². The smallest absolute Gasteiger partial charge is 0.488 e. The largest absolute Gasteiger partial charge is 0.696 e. The van der Waals surface area contributed by atoms with Crippen molar-refractivity contribution in [3.63, 3.8) is 0 Å². The number of rotatable bonds is 23. The third-order valence-corrected chi connectivity index (χ3v) is 8.84. The van der Waals surface area contributed by atoms with Crippen molar-refractivity contribution in [3.05, 3.63) is 113 Å². The summed E-state index contributed by atoms with van der Waals surface area (Å²) in [6, 6.07) is 26.0. The Morgan fingerprint density at radius 3 is 2.22 bits per heavy atom. The molecule has 0 saturated carbocycles. The molecule has 0 spiro atoms. The van der Waals surface area contributed by atoms with Gasteiger partial charge in [-0.15, -0.1) is 4.89 Å². The highest BCUT2D eigenvalue weighted by Gasteiger charge is 2.32. The molecule has 15 heteroatoms. The lowest BCUT2D eigenvalue weighted by molar-refractivity contribution is -0.200. The molecule has 0 saturated heterocycles. The zero-order valence-electron chi connectivity index (χ0n) is 30.3. The molecule has 0 bridgehead atoms. The summed E-state index contributed by atoms with van der Waals surface area (Å²) in [6.45, 7) is 3.61. The molecule has 0 fully saturated rings. The number of nitrogens with one attached hydrogen (secondary N) is 3. The standard InChI is InChI=1S/C39H45N4O10P/c1-3-5-8-17-31(33(4-2)43(27-44)51-24-29-15-11-7-12-16-29)37(45)40-25-41-39(47)35-21-20-34(53-35)30-18-19-32(38(46)42-26-52-54(48)49)36(22-30)50-23-28-13-9-6-10-14-28/h6-7,9-16,18-22,27,31,33H,3-5,8,17,23-26H2,1-2H3,(H3-,40,41,42,45,46,47,48,49)/p+1/t31-,33-/m1/s1. The molecular weight excluding hydrogens is 715 g/mol. The summed E-state index contributed by atoms with van der Waals surface area (Å²) in [4.78, 5) is 66.3. The van der Waals surface area contributed by atoms with Gasteiger partial charge in [-0.3, -0.25) is 24.0 Å². The van der Waals surface area contributed by atoms with Crippen LogP contribution in [0.15, 0.2) is 95.4 Å². The highest BCUT2D eigenvalue weighted by Crippen LogP contribution is 2.30. The predicted molar refractivity (Wildman–Crippen MR) is 199 cm³/mol. The van der Waals surface area contributed by atoms with Crippen molar-refractivity contribution in [2.45, 2.75) is 65.2 Å². The molecule has 286 valence electrons. The number of amides is 4. The quantitative estimate of drug-likeness (QED) is 0.0222. The second-order valence-electron chi connectivity index (χ2n) is 12.2. The summed E-state index contributed by atoms with van der Waals surface area (Å²) in [7, 11) is -2.89. The Kier molecular flexibility index (Phi) is 16.8. The van der Waals surface area contributed by atoms with Crippen LogP contribution in [0, 0.1) is 5.92 Å². The van der Waals surface area contributed by atoms with E-state index in [9.17, 15) is 23.7 Å². The highest BCUT2D eigenvalue weighted by atomic mass is 31.1. The van der Waals surface area contributed by atoms with Crippen LogP contribution in [0.4, 0.5) is 0 Å². The number of carbonyl (C=O) groups is 4. The van der Waals surface area contributed by atoms with Crippen molar-refractivity contribution in [2.75, 3.05) is 13.4 Å². The van der Waals surface area contributed by atoms with Crippen LogP contribution in [0.3, 0.4) is 0 Å². The molecule has 0 radical (unpaired) electrons. The second kappa shape index (κ2) is 22.0. The van der Waals surface area contributed by atoms with Gasteiger partial charge in [0.1, 0.15) is 24.7 Å². The third kappa shape index (κ3) is 12.6. The van der Waals surface area contributed by atoms with Crippen molar-refractivity contribution in [3.8, 4) is 17.1 Å². The minimum absolute atomic E-state index is 0.0181. The first-order valence-corrected chi connectivity index (χ1v) is 18.8. The molecule has 0 aliphatic heterocycles. The minimum atomic E-state index is -2.89. The molecule has 3 atom stereocenters. The van der Waals surface area contributed by atoms with Crippen LogP contribution in [0.25, 0.3) is 11.3 Å². The SMILES string of the molecule is CCCCC[C@@H](C(=O)NCNC(=O)c1ccc(-c2ccc(C(=O)NCO[P+](=O)O)c(OCc3ccccc3)c2)o1)[C@@H](CC)N(C=O)OCc1ccccc1. The van der Waals surface area contributed by atoms with Gasteiger partial charge in [0.15, 0.2) is 12.5 Å². The zero-order valence-corrected chi connectivity index (χ0v) is 31.2. The number of unbranched alkanes of at least 4 members (excludes halogenated alkanes) is 2. The zero-order chi connectivity index (χ0) is 38.7. The van der Waals surface area contributed by atoms with Gasteiger partial charge in [-0.2, -0.15) is 0 Å². The van der Waals surface area contributed by atoms with E-state index in [1.54, 1.807) is 18.2 Å².